The summed E-state index contributed by atoms with van der Waals surface area (Å²) < 4.78 is 1.61. The summed E-state index contributed by atoms with van der Waals surface area (Å²) in [5.41, 5.74) is 2.57. The molecule has 1 fully saturated rings. The second-order valence-electron chi connectivity index (χ2n) is 7.06. The quantitative estimate of drug-likeness (QED) is 0.849. The van der Waals surface area contributed by atoms with Crippen LogP contribution in [0.1, 0.15) is 27.7 Å². The van der Waals surface area contributed by atoms with E-state index in [1.807, 2.05) is 6.07 Å². The van der Waals surface area contributed by atoms with Crippen LogP contribution in [-0.4, -0.2) is 20.7 Å². The molecule has 2 unspecified atom stereocenters. The van der Waals surface area contributed by atoms with Crippen molar-refractivity contribution in [3.63, 3.8) is 0 Å². The lowest BCUT2D eigenvalue weighted by molar-refractivity contribution is -0.118. The van der Waals surface area contributed by atoms with Crippen molar-refractivity contribution in [2.45, 2.75) is 27.7 Å². The van der Waals surface area contributed by atoms with Gasteiger partial charge in [0, 0.05) is 5.02 Å². The van der Waals surface area contributed by atoms with Gasteiger partial charge in [-0.2, -0.15) is 5.10 Å². The number of hydrogen-bond acceptors (Lipinski definition) is 3. The highest BCUT2D eigenvalue weighted by Crippen LogP contribution is 2.59. The summed E-state index contributed by atoms with van der Waals surface area (Å²) >= 11 is 6.10. The van der Waals surface area contributed by atoms with Gasteiger partial charge in [-0.25, -0.2) is 9.67 Å². The Kier molecular flexibility index (Phi) is 4.22. The van der Waals surface area contributed by atoms with Gasteiger partial charge in [0.25, 0.3) is 0 Å². The minimum absolute atomic E-state index is 0.00568. The third kappa shape index (κ3) is 3.08. The highest BCUT2D eigenvalue weighted by Gasteiger charge is 2.60. The highest BCUT2D eigenvalue weighted by atomic mass is 35.5. The van der Waals surface area contributed by atoms with Gasteiger partial charge in [-0.15, -0.1) is 0 Å². The van der Waals surface area contributed by atoms with Gasteiger partial charge in [-0.05, 0) is 43.4 Å². The molecule has 6 heteroatoms. The summed E-state index contributed by atoms with van der Waals surface area (Å²) in [5.74, 6) is 0.220. The van der Waals surface area contributed by atoms with E-state index in [-0.39, 0.29) is 23.2 Å². The molecule has 1 saturated carbocycles. The number of rotatable bonds is 4. The molecule has 0 saturated heterocycles. The Hall–Kier alpha value is -2.14. The number of carbonyl (C=O) groups is 1. The van der Waals surface area contributed by atoms with E-state index in [1.54, 1.807) is 23.1 Å². The first-order valence-corrected chi connectivity index (χ1v) is 8.29. The van der Waals surface area contributed by atoms with Crippen molar-refractivity contribution in [2.24, 2.45) is 17.3 Å². The molecule has 1 aromatic carbocycles. The van der Waals surface area contributed by atoms with Gasteiger partial charge in [0.2, 0.25) is 5.91 Å². The van der Waals surface area contributed by atoms with Gasteiger partial charge in [0.05, 0.1) is 17.3 Å². The number of aromatic nitrogens is 3. The number of halogens is 1. The lowest BCUT2D eigenvalue weighted by Crippen LogP contribution is -2.18. The first-order valence-electron chi connectivity index (χ1n) is 7.91. The zero-order chi connectivity index (χ0) is 17.5. The summed E-state index contributed by atoms with van der Waals surface area (Å²) in [5, 5.41) is 7.71. The van der Waals surface area contributed by atoms with Crippen molar-refractivity contribution in [3.05, 3.63) is 47.5 Å². The lowest BCUT2D eigenvalue weighted by Gasteiger charge is -2.12. The van der Waals surface area contributed by atoms with Crippen molar-refractivity contribution in [3.8, 4) is 5.69 Å². The predicted molar refractivity (Wildman–Crippen MR) is 95.2 cm³/mol. The van der Waals surface area contributed by atoms with Crippen LogP contribution in [0, 0.1) is 17.3 Å². The second-order valence-corrected chi connectivity index (χ2v) is 7.50. The maximum Gasteiger partial charge on any atom is 0.228 e. The molecule has 0 bridgehead atoms. The Bertz CT molecular complexity index is 791. The number of benzene rings is 1. The van der Waals surface area contributed by atoms with Gasteiger partial charge < -0.3 is 5.32 Å². The Morgan fingerprint density at radius 3 is 2.75 bits per heavy atom. The van der Waals surface area contributed by atoms with Crippen LogP contribution in [0.4, 0.5) is 5.69 Å². The molecule has 1 aliphatic rings. The maximum absolute atomic E-state index is 12.8. The number of nitrogens with zero attached hydrogens (tertiary/aromatic N) is 3. The first kappa shape index (κ1) is 16.7. The van der Waals surface area contributed by atoms with Crippen molar-refractivity contribution >= 4 is 23.2 Å². The van der Waals surface area contributed by atoms with Gasteiger partial charge in [-0.3, -0.25) is 4.79 Å². The van der Waals surface area contributed by atoms with E-state index in [0.29, 0.717) is 10.7 Å². The lowest BCUT2D eigenvalue weighted by atomic mass is 10.1. The SMILES string of the molecule is CC(C)=CC1C(C(=O)Nc2cc(Cl)ccc2-n2cncn2)C1(C)C. The third-order valence-electron chi connectivity index (χ3n) is 4.59. The van der Waals surface area contributed by atoms with E-state index in [4.69, 9.17) is 11.6 Å². The van der Waals surface area contributed by atoms with Crippen molar-refractivity contribution in [2.75, 3.05) is 5.32 Å². The van der Waals surface area contributed by atoms with Crippen LogP contribution in [0.2, 0.25) is 5.02 Å². The minimum Gasteiger partial charge on any atom is -0.324 e. The standard InChI is InChI=1S/C18H21ClN4O/c1-11(2)7-13-16(18(13,3)4)17(24)22-14-8-12(19)5-6-15(14)23-10-20-9-21-23/h5-10,13,16H,1-4H3,(H,22,24). The number of anilines is 1. The molecule has 0 aliphatic heterocycles. The summed E-state index contributed by atoms with van der Waals surface area (Å²) in [6.45, 7) is 8.36. The molecule has 24 heavy (non-hydrogen) atoms. The summed E-state index contributed by atoms with van der Waals surface area (Å²) in [7, 11) is 0. The van der Waals surface area contributed by atoms with Gasteiger partial charge in [0.15, 0.2) is 0 Å². The van der Waals surface area contributed by atoms with Crippen LogP contribution in [0.3, 0.4) is 0 Å². The molecule has 1 N–H and O–H groups in total. The zero-order valence-electron chi connectivity index (χ0n) is 14.2. The monoisotopic (exact) mass is 344 g/mol. The Balaban J connectivity index is 1.86. The maximum atomic E-state index is 12.8. The number of nitrogens with one attached hydrogen (secondary N) is 1. The third-order valence-corrected chi connectivity index (χ3v) is 4.82. The summed E-state index contributed by atoms with van der Waals surface area (Å²) in [6.07, 6.45) is 5.22. The van der Waals surface area contributed by atoms with E-state index >= 15 is 0 Å². The van der Waals surface area contributed by atoms with E-state index in [0.717, 1.165) is 5.69 Å². The van der Waals surface area contributed by atoms with E-state index in [9.17, 15) is 4.79 Å². The predicted octanol–water partition coefficient (Wildman–Crippen LogP) is 4.10. The van der Waals surface area contributed by atoms with Crippen molar-refractivity contribution in [1.82, 2.24) is 14.8 Å². The summed E-state index contributed by atoms with van der Waals surface area (Å²) in [4.78, 5) is 16.7. The van der Waals surface area contributed by atoms with Crippen LogP contribution < -0.4 is 5.32 Å². The van der Waals surface area contributed by atoms with Crippen LogP contribution in [0.25, 0.3) is 5.69 Å². The van der Waals surface area contributed by atoms with Crippen LogP contribution in [0.5, 0.6) is 0 Å². The normalized spacial score (nSPS) is 21.2. The molecular weight excluding hydrogens is 324 g/mol. The molecule has 0 spiro atoms. The number of hydrogen-bond donors (Lipinski definition) is 1. The smallest absolute Gasteiger partial charge is 0.228 e. The molecule has 0 radical (unpaired) electrons. The topological polar surface area (TPSA) is 59.8 Å². The van der Waals surface area contributed by atoms with Crippen LogP contribution in [-0.2, 0) is 4.79 Å². The molecular formula is C18H21ClN4O. The second kappa shape index (κ2) is 6.06. The molecule has 2 atom stereocenters. The number of carbonyl (C=O) groups excluding carboxylic acids is 1. The molecule has 5 nitrogen and oxygen atoms in total. The number of amides is 1. The van der Waals surface area contributed by atoms with Gasteiger partial charge in [-0.1, -0.05) is 37.1 Å². The first-order chi connectivity index (χ1) is 11.3. The molecule has 1 heterocycles. The molecule has 3 rings (SSSR count). The Morgan fingerprint density at radius 2 is 2.12 bits per heavy atom. The van der Waals surface area contributed by atoms with Crippen molar-refractivity contribution in [1.29, 1.82) is 0 Å². The fourth-order valence-corrected chi connectivity index (χ4v) is 3.37. The summed E-state index contributed by atoms with van der Waals surface area (Å²) in [6, 6.07) is 5.32. The average Bonchev–Trinajstić information content (AvgIpc) is 2.88. The van der Waals surface area contributed by atoms with Gasteiger partial charge in [0.1, 0.15) is 12.7 Å². The fourth-order valence-electron chi connectivity index (χ4n) is 3.20. The van der Waals surface area contributed by atoms with Crippen molar-refractivity contribution < 1.29 is 4.79 Å². The van der Waals surface area contributed by atoms with Crippen LogP contribution >= 0.6 is 11.6 Å². The molecule has 1 aromatic heterocycles. The molecule has 1 amide bonds. The Labute approximate surface area is 146 Å². The molecule has 1 aliphatic carbocycles. The van der Waals surface area contributed by atoms with E-state index in [1.165, 1.54) is 11.9 Å². The number of allylic oxidation sites excluding steroid dienone is 2. The van der Waals surface area contributed by atoms with Crippen LogP contribution in [0.15, 0.2) is 42.5 Å². The van der Waals surface area contributed by atoms with Gasteiger partial charge >= 0.3 is 0 Å². The largest absolute Gasteiger partial charge is 0.324 e. The Morgan fingerprint density at radius 1 is 1.38 bits per heavy atom. The zero-order valence-corrected chi connectivity index (χ0v) is 15.0. The minimum atomic E-state index is -0.0463. The highest BCUT2D eigenvalue weighted by molar-refractivity contribution is 6.31. The fraction of sp³-hybridized carbons (Fsp3) is 0.389. The van der Waals surface area contributed by atoms with E-state index in [2.05, 4.69) is 49.2 Å². The van der Waals surface area contributed by atoms with E-state index < -0.39 is 0 Å². The average molecular weight is 345 g/mol. The molecule has 126 valence electrons. The molecule has 2 aromatic rings.